The van der Waals surface area contributed by atoms with E-state index in [1.807, 2.05) is 29.2 Å². The standard InChI is InChI=1S/C27H36N4O/c1-19(20-8-4-2-5-9-20)29-26-13-11-23(17-25(26)28)31-18-21-16-22(10-12-24(21)27(31)32)30-14-6-3-7-15-30/h10-13,16-17,19-20,29H,2-9,14-15,18,28H2,1H3. The lowest BCUT2D eigenvalue weighted by atomic mass is 9.84. The zero-order chi connectivity index (χ0) is 22.1. The van der Waals surface area contributed by atoms with E-state index >= 15 is 0 Å². The summed E-state index contributed by atoms with van der Waals surface area (Å²) in [5.74, 6) is 0.785. The first-order chi connectivity index (χ1) is 15.6. The highest BCUT2D eigenvalue weighted by Gasteiger charge is 2.30. The Morgan fingerprint density at radius 3 is 2.41 bits per heavy atom. The highest BCUT2D eigenvalue weighted by atomic mass is 16.2. The summed E-state index contributed by atoms with van der Waals surface area (Å²) in [7, 11) is 0. The van der Waals surface area contributed by atoms with E-state index in [0.717, 1.165) is 35.6 Å². The van der Waals surface area contributed by atoms with Gasteiger partial charge in [0.1, 0.15) is 0 Å². The van der Waals surface area contributed by atoms with E-state index in [0.29, 0.717) is 24.2 Å². The van der Waals surface area contributed by atoms with Gasteiger partial charge in [0.2, 0.25) is 0 Å². The minimum Gasteiger partial charge on any atom is -0.397 e. The van der Waals surface area contributed by atoms with Crippen molar-refractivity contribution in [3.05, 3.63) is 47.5 Å². The molecule has 2 fully saturated rings. The number of hydrogen-bond donors (Lipinski definition) is 2. The molecule has 0 bridgehead atoms. The minimum atomic E-state index is 0.0703. The molecule has 0 radical (unpaired) electrons. The highest BCUT2D eigenvalue weighted by molar-refractivity contribution is 6.10. The molecule has 0 aromatic heterocycles. The number of nitrogens with one attached hydrogen (secondary N) is 1. The second kappa shape index (κ2) is 9.05. The molecule has 3 aliphatic rings. The van der Waals surface area contributed by atoms with Crippen molar-refractivity contribution in [1.29, 1.82) is 0 Å². The molecule has 170 valence electrons. The summed E-state index contributed by atoms with van der Waals surface area (Å²) in [6.07, 6.45) is 10.5. The first-order valence-corrected chi connectivity index (χ1v) is 12.5. The van der Waals surface area contributed by atoms with Crippen LogP contribution in [0.5, 0.6) is 0 Å². The van der Waals surface area contributed by atoms with Gasteiger partial charge in [-0.3, -0.25) is 4.79 Å². The molecule has 1 aliphatic carbocycles. The van der Waals surface area contributed by atoms with Gasteiger partial charge in [-0.15, -0.1) is 0 Å². The molecule has 5 heteroatoms. The molecule has 1 saturated heterocycles. The van der Waals surface area contributed by atoms with E-state index in [2.05, 4.69) is 29.3 Å². The van der Waals surface area contributed by atoms with Crippen molar-refractivity contribution < 1.29 is 4.79 Å². The maximum Gasteiger partial charge on any atom is 0.258 e. The van der Waals surface area contributed by atoms with Crippen LogP contribution >= 0.6 is 0 Å². The number of fused-ring (bicyclic) bond motifs is 1. The number of benzene rings is 2. The SMILES string of the molecule is CC(Nc1ccc(N2Cc3cc(N4CCCCC4)ccc3C2=O)cc1N)C1CCCCC1. The molecule has 1 unspecified atom stereocenters. The number of carbonyl (C=O) groups is 1. The van der Waals surface area contributed by atoms with Gasteiger partial charge in [0, 0.05) is 36.1 Å². The molecule has 1 amide bonds. The largest absolute Gasteiger partial charge is 0.397 e. The number of nitrogens with zero attached hydrogens (tertiary/aromatic N) is 2. The van der Waals surface area contributed by atoms with Gasteiger partial charge < -0.3 is 20.9 Å². The zero-order valence-electron chi connectivity index (χ0n) is 19.3. The van der Waals surface area contributed by atoms with Gasteiger partial charge in [0.05, 0.1) is 17.9 Å². The average Bonchev–Trinajstić information content (AvgIpc) is 3.17. The predicted octanol–water partition coefficient (Wildman–Crippen LogP) is 5.80. The molecule has 1 atom stereocenters. The van der Waals surface area contributed by atoms with Crippen LogP contribution in [0.25, 0.3) is 0 Å². The topological polar surface area (TPSA) is 61.6 Å². The molecule has 2 aromatic carbocycles. The van der Waals surface area contributed by atoms with Gasteiger partial charge >= 0.3 is 0 Å². The van der Waals surface area contributed by atoms with Crippen LogP contribution < -0.4 is 20.9 Å². The lowest BCUT2D eigenvalue weighted by Crippen LogP contribution is -2.29. The van der Waals surface area contributed by atoms with Crippen molar-refractivity contribution in [2.45, 2.75) is 70.9 Å². The van der Waals surface area contributed by atoms with Crippen LogP contribution in [0.15, 0.2) is 36.4 Å². The number of hydrogen-bond acceptors (Lipinski definition) is 4. The van der Waals surface area contributed by atoms with Gasteiger partial charge in [-0.05, 0) is 86.9 Å². The predicted molar refractivity (Wildman–Crippen MR) is 134 cm³/mol. The zero-order valence-corrected chi connectivity index (χ0v) is 19.3. The quantitative estimate of drug-likeness (QED) is 0.586. The Balaban J connectivity index is 1.30. The lowest BCUT2D eigenvalue weighted by Gasteiger charge is -2.29. The van der Waals surface area contributed by atoms with Crippen LogP contribution in [0.1, 0.15) is 74.2 Å². The third-order valence-corrected chi connectivity index (χ3v) is 7.70. The molecular weight excluding hydrogens is 396 g/mol. The molecule has 2 heterocycles. The molecular formula is C27H36N4O. The van der Waals surface area contributed by atoms with Gasteiger partial charge in [0.15, 0.2) is 0 Å². The molecule has 5 nitrogen and oxygen atoms in total. The van der Waals surface area contributed by atoms with Crippen molar-refractivity contribution in [2.24, 2.45) is 5.92 Å². The number of nitrogen functional groups attached to an aromatic ring is 1. The summed E-state index contributed by atoms with van der Waals surface area (Å²) in [5.41, 5.74) is 12.2. The Morgan fingerprint density at radius 2 is 1.66 bits per heavy atom. The van der Waals surface area contributed by atoms with E-state index in [4.69, 9.17) is 5.73 Å². The fourth-order valence-electron chi connectivity index (χ4n) is 5.71. The van der Waals surface area contributed by atoms with Crippen LogP contribution in [0.2, 0.25) is 0 Å². The number of nitrogens with two attached hydrogens (primary N) is 1. The molecule has 0 spiro atoms. The average molecular weight is 433 g/mol. The van der Waals surface area contributed by atoms with E-state index in [9.17, 15) is 4.79 Å². The second-order valence-electron chi connectivity index (χ2n) is 9.88. The number of piperidine rings is 1. The minimum absolute atomic E-state index is 0.0703. The molecule has 2 aromatic rings. The lowest BCUT2D eigenvalue weighted by molar-refractivity contribution is 0.0996. The normalized spacial score (nSPS) is 20.3. The number of rotatable bonds is 5. The van der Waals surface area contributed by atoms with Crippen molar-refractivity contribution >= 4 is 28.7 Å². The van der Waals surface area contributed by atoms with E-state index < -0.39 is 0 Å². The third-order valence-electron chi connectivity index (χ3n) is 7.70. The smallest absolute Gasteiger partial charge is 0.258 e. The first-order valence-electron chi connectivity index (χ1n) is 12.5. The third kappa shape index (κ3) is 4.17. The van der Waals surface area contributed by atoms with Crippen molar-refractivity contribution in [3.8, 4) is 0 Å². The van der Waals surface area contributed by atoms with E-state index in [-0.39, 0.29) is 5.91 Å². The van der Waals surface area contributed by atoms with Crippen LogP contribution in [-0.4, -0.2) is 25.0 Å². The summed E-state index contributed by atoms with van der Waals surface area (Å²) >= 11 is 0. The van der Waals surface area contributed by atoms with Gasteiger partial charge in [-0.2, -0.15) is 0 Å². The van der Waals surface area contributed by atoms with Crippen molar-refractivity contribution in [2.75, 3.05) is 33.9 Å². The molecule has 32 heavy (non-hydrogen) atoms. The van der Waals surface area contributed by atoms with Gasteiger partial charge in [0.25, 0.3) is 5.91 Å². The van der Waals surface area contributed by atoms with Crippen LogP contribution in [-0.2, 0) is 6.54 Å². The molecule has 5 rings (SSSR count). The molecule has 2 aliphatic heterocycles. The van der Waals surface area contributed by atoms with Crippen LogP contribution in [0, 0.1) is 5.92 Å². The van der Waals surface area contributed by atoms with Crippen molar-refractivity contribution in [3.63, 3.8) is 0 Å². The molecule has 3 N–H and O–H groups in total. The Morgan fingerprint density at radius 1 is 0.938 bits per heavy atom. The Bertz CT molecular complexity index is 976. The fraction of sp³-hybridized carbons (Fsp3) is 0.519. The first kappa shape index (κ1) is 21.2. The highest BCUT2D eigenvalue weighted by Crippen LogP contribution is 2.35. The monoisotopic (exact) mass is 432 g/mol. The maximum atomic E-state index is 13.1. The fourth-order valence-corrected chi connectivity index (χ4v) is 5.71. The molecule has 1 saturated carbocycles. The number of anilines is 4. The van der Waals surface area contributed by atoms with Gasteiger partial charge in [-0.1, -0.05) is 19.3 Å². The van der Waals surface area contributed by atoms with Crippen LogP contribution in [0.3, 0.4) is 0 Å². The van der Waals surface area contributed by atoms with Crippen LogP contribution in [0.4, 0.5) is 22.7 Å². The number of amides is 1. The summed E-state index contributed by atoms with van der Waals surface area (Å²) in [4.78, 5) is 17.4. The number of carbonyl (C=O) groups excluding carboxylic acids is 1. The van der Waals surface area contributed by atoms with Crippen molar-refractivity contribution in [1.82, 2.24) is 0 Å². The summed E-state index contributed by atoms with van der Waals surface area (Å²) < 4.78 is 0. The summed E-state index contributed by atoms with van der Waals surface area (Å²) in [6.45, 7) is 5.10. The van der Waals surface area contributed by atoms with E-state index in [1.165, 1.54) is 57.1 Å². The summed E-state index contributed by atoms with van der Waals surface area (Å²) in [5, 5.41) is 3.64. The summed E-state index contributed by atoms with van der Waals surface area (Å²) in [6, 6.07) is 12.8. The Hall–Kier alpha value is -2.69. The maximum absolute atomic E-state index is 13.1. The Labute approximate surface area is 192 Å². The Kier molecular flexibility index (Phi) is 5.99. The van der Waals surface area contributed by atoms with Gasteiger partial charge in [-0.25, -0.2) is 0 Å². The van der Waals surface area contributed by atoms with E-state index in [1.54, 1.807) is 0 Å². The second-order valence-corrected chi connectivity index (χ2v) is 9.88.